The van der Waals surface area contributed by atoms with Gasteiger partial charge in [-0.25, -0.2) is 4.68 Å². The number of anilines is 1. The van der Waals surface area contributed by atoms with Crippen molar-refractivity contribution in [1.29, 1.82) is 0 Å². The lowest BCUT2D eigenvalue weighted by Gasteiger charge is -2.38. The standard InChI is InChI=1S/C27H23ClN4O/c1-27(2)14-21-23(22(33)15-27)24(19-11-5-6-13-20(19)28)32-26(29-21)30-25(31-32)18-12-7-9-16-8-3-4-10-17(16)18/h3-13,24H,14-15H2,1-2H3,(H,29,30,31). The molecule has 33 heavy (non-hydrogen) atoms. The minimum Gasteiger partial charge on any atom is -0.328 e. The summed E-state index contributed by atoms with van der Waals surface area (Å²) in [6, 6.07) is 21.6. The lowest BCUT2D eigenvalue weighted by atomic mass is 9.73. The molecule has 2 aliphatic rings. The first-order valence-corrected chi connectivity index (χ1v) is 11.5. The Bertz CT molecular complexity index is 1460. The van der Waals surface area contributed by atoms with Crippen LogP contribution in [0.2, 0.25) is 5.02 Å². The molecule has 1 N–H and O–H groups in total. The zero-order chi connectivity index (χ0) is 22.7. The van der Waals surface area contributed by atoms with Crippen molar-refractivity contribution < 1.29 is 4.79 Å². The second kappa shape index (κ2) is 7.29. The van der Waals surface area contributed by atoms with Crippen LogP contribution in [0.4, 0.5) is 5.95 Å². The summed E-state index contributed by atoms with van der Waals surface area (Å²) in [6.07, 6.45) is 1.26. The number of carbonyl (C=O) groups is 1. The van der Waals surface area contributed by atoms with E-state index in [2.05, 4.69) is 37.4 Å². The molecule has 1 atom stereocenters. The molecule has 1 aromatic heterocycles. The van der Waals surface area contributed by atoms with Gasteiger partial charge in [-0.05, 0) is 28.7 Å². The second-order valence-electron chi connectivity index (χ2n) is 9.61. The van der Waals surface area contributed by atoms with Gasteiger partial charge in [-0.1, -0.05) is 86.1 Å². The van der Waals surface area contributed by atoms with Crippen LogP contribution < -0.4 is 5.32 Å². The molecule has 1 unspecified atom stereocenters. The monoisotopic (exact) mass is 454 g/mol. The van der Waals surface area contributed by atoms with Crippen molar-refractivity contribution in [3.05, 3.63) is 88.6 Å². The number of Topliss-reactive ketones (excluding diaryl/α,β-unsaturated/α-hetero) is 1. The predicted molar refractivity (Wildman–Crippen MR) is 131 cm³/mol. The van der Waals surface area contributed by atoms with Gasteiger partial charge >= 0.3 is 0 Å². The Morgan fingerprint density at radius 1 is 1.00 bits per heavy atom. The first kappa shape index (κ1) is 20.2. The Hall–Kier alpha value is -3.44. The molecule has 3 aromatic carbocycles. The summed E-state index contributed by atoms with van der Waals surface area (Å²) in [7, 11) is 0. The Balaban J connectivity index is 1.57. The summed E-state index contributed by atoms with van der Waals surface area (Å²) in [6.45, 7) is 4.25. The van der Waals surface area contributed by atoms with Gasteiger partial charge in [-0.3, -0.25) is 4.79 Å². The fourth-order valence-electron chi connectivity index (χ4n) is 5.13. The van der Waals surface area contributed by atoms with Crippen LogP contribution in [0, 0.1) is 5.41 Å². The fourth-order valence-corrected chi connectivity index (χ4v) is 5.37. The summed E-state index contributed by atoms with van der Waals surface area (Å²) in [5.41, 5.74) is 3.36. The Labute approximate surface area is 197 Å². The maximum Gasteiger partial charge on any atom is 0.226 e. The van der Waals surface area contributed by atoms with Crippen LogP contribution in [0.15, 0.2) is 78.0 Å². The minimum absolute atomic E-state index is 0.116. The van der Waals surface area contributed by atoms with E-state index in [1.54, 1.807) is 0 Å². The van der Waals surface area contributed by atoms with Gasteiger partial charge in [0.05, 0.1) is 0 Å². The molecule has 5 nitrogen and oxygen atoms in total. The molecule has 6 rings (SSSR count). The largest absolute Gasteiger partial charge is 0.328 e. The highest BCUT2D eigenvalue weighted by Gasteiger charge is 2.42. The van der Waals surface area contributed by atoms with Gasteiger partial charge in [-0.15, -0.1) is 5.10 Å². The lowest BCUT2D eigenvalue weighted by molar-refractivity contribution is -0.118. The molecule has 0 fully saturated rings. The first-order chi connectivity index (χ1) is 15.9. The number of rotatable bonds is 2. The number of hydrogen-bond acceptors (Lipinski definition) is 4. The zero-order valence-electron chi connectivity index (χ0n) is 18.5. The normalized spacial score (nSPS) is 19.2. The van der Waals surface area contributed by atoms with Gasteiger partial charge in [0.2, 0.25) is 5.95 Å². The van der Waals surface area contributed by atoms with Gasteiger partial charge in [0.25, 0.3) is 0 Å². The number of ketones is 1. The summed E-state index contributed by atoms with van der Waals surface area (Å²) < 4.78 is 1.83. The van der Waals surface area contributed by atoms with E-state index in [9.17, 15) is 4.79 Å². The third-order valence-corrected chi connectivity index (χ3v) is 6.91. The highest BCUT2D eigenvalue weighted by Crippen LogP contribution is 2.47. The van der Waals surface area contributed by atoms with E-state index in [0.717, 1.165) is 39.6 Å². The molecule has 1 aliphatic heterocycles. The molecule has 0 bridgehead atoms. The number of fused-ring (bicyclic) bond motifs is 2. The van der Waals surface area contributed by atoms with Gasteiger partial charge in [0.15, 0.2) is 11.6 Å². The number of halogens is 1. The van der Waals surface area contributed by atoms with E-state index in [-0.39, 0.29) is 11.2 Å². The predicted octanol–water partition coefficient (Wildman–Crippen LogP) is 6.41. The molecule has 0 spiro atoms. The van der Waals surface area contributed by atoms with E-state index >= 15 is 0 Å². The van der Waals surface area contributed by atoms with Crippen LogP contribution in [0.5, 0.6) is 0 Å². The van der Waals surface area contributed by atoms with E-state index in [1.807, 2.05) is 53.2 Å². The quantitative estimate of drug-likeness (QED) is 0.380. The smallest absolute Gasteiger partial charge is 0.226 e. The summed E-state index contributed by atoms with van der Waals surface area (Å²) >= 11 is 6.65. The molecule has 0 saturated carbocycles. The van der Waals surface area contributed by atoms with Crippen LogP contribution in [0.1, 0.15) is 38.3 Å². The maximum absolute atomic E-state index is 13.4. The summed E-state index contributed by atoms with van der Waals surface area (Å²) in [5, 5.41) is 11.2. The number of benzene rings is 3. The zero-order valence-corrected chi connectivity index (χ0v) is 19.2. The molecule has 0 saturated heterocycles. The molecule has 0 amide bonds. The summed E-state index contributed by atoms with van der Waals surface area (Å²) in [4.78, 5) is 18.3. The van der Waals surface area contributed by atoms with E-state index in [1.165, 1.54) is 0 Å². The van der Waals surface area contributed by atoms with Crippen LogP contribution in [-0.4, -0.2) is 20.5 Å². The van der Waals surface area contributed by atoms with Crippen molar-refractivity contribution in [2.45, 2.75) is 32.7 Å². The van der Waals surface area contributed by atoms with E-state index < -0.39 is 6.04 Å². The maximum atomic E-state index is 13.4. The van der Waals surface area contributed by atoms with E-state index in [0.29, 0.717) is 23.2 Å². The van der Waals surface area contributed by atoms with Crippen LogP contribution >= 0.6 is 11.6 Å². The van der Waals surface area contributed by atoms with Gasteiger partial charge in [-0.2, -0.15) is 4.98 Å². The Kier molecular flexibility index (Phi) is 4.46. The molecule has 6 heteroatoms. The second-order valence-corrected chi connectivity index (χ2v) is 10.0. The average molecular weight is 455 g/mol. The Morgan fingerprint density at radius 2 is 1.76 bits per heavy atom. The van der Waals surface area contributed by atoms with Gasteiger partial charge in [0.1, 0.15) is 6.04 Å². The molecule has 0 radical (unpaired) electrons. The first-order valence-electron chi connectivity index (χ1n) is 11.1. The van der Waals surface area contributed by atoms with Gasteiger partial charge < -0.3 is 5.32 Å². The van der Waals surface area contributed by atoms with Crippen molar-refractivity contribution in [2.75, 3.05) is 5.32 Å². The van der Waals surface area contributed by atoms with Gasteiger partial charge in [0, 0.05) is 33.8 Å². The number of nitrogens with zero attached hydrogens (tertiary/aromatic N) is 3. The summed E-state index contributed by atoms with van der Waals surface area (Å²) in [5.74, 6) is 1.39. The third kappa shape index (κ3) is 3.26. The number of allylic oxidation sites excluding steroid dienone is 2. The van der Waals surface area contributed by atoms with Crippen LogP contribution in [-0.2, 0) is 4.79 Å². The molecule has 2 heterocycles. The van der Waals surface area contributed by atoms with Crippen molar-refractivity contribution >= 4 is 34.1 Å². The minimum atomic E-state index is -0.412. The average Bonchev–Trinajstić information content (AvgIpc) is 3.20. The Morgan fingerprint density at radius 3 is 2.61 bits per heavy atom. The fraction of sp³-hybridized carbons (Fsp3) is 0.222. The number of hydrogen-bond donors (Lipinski definition) is 1. The molecule has 164 valence electrons. The number of carbonyl (C=O) groups excluding carboxylic acids is 1. The van der Waals surface area contributed by atoms with Crippen LogP contribution in [0.3, 0.4) is 0 Å². The molecule has 4 aromatic rings. The molecular formula is C27H23ClN4O. The molecular weight excluding hydrogens is 432 g/mol. The van der Waals surface area contributed by atoms with Crippen molar-refractivity contribution in [2.24, 2.45) is 5.41 Å². The van der Waals surface area contributed by atoms with Crippen LogP contribution in [0.25, 0.3) is 22.2 Å². The highest BCUT2D eigenvalue weighted by atomic mass is 35.5. The third-order valence-electron chi connectivity index (χ3n) is 6.56. The molecule has 1 aliphatic carbocycles. The number of aromatic nitrogens is 3. The lowest BCUT2D eigenvalue weighted by Crippen LogP contribution is -2.36. The topological polar surface area (TPSA) is 59.8 Å². The number of nitrogens with one attached hydrogen (secondary N) is 1. The van der Waals surface area contributed by atoms with Crippen molar-refractivity contribution in [3.8, 4) is 11.4 Å². The van der Waals surface area contributed by atoms with Crippen molar-refractivity contribution in [1.82, 2.24) is 14.8 Å². The highest BCUT2D eigenvalue weighted by molar-refractivity contribution is 6.31. The SMILES string of the molecule is CC1(C)CC(=O)C2=C(C1)Nc1nc(-c3cccc4ccccc34)nn1C2c1ccccc1Cl. The van der Waals surface area contributed by atoms with Crippen molar-refractivity contribution in [3.63, 3.8) is 0 Å². The van der Waals surface area contributed by atoms with E-state index in [4.69, 9.17) is 21.7 Å².